The third-order valence-corrected chi connectivity index (χ3v) is 3.54. The van der Waals surface area contributed by atoms with Crippen LogP contribution in [0.1, 0.15) is 16.8 Å². The first-order valence-corrected chi connectivity index (χ1v) is 7.41. The Morgan fingerprint density at radius 1 is 1.18 bits per heavy atom. The number of fused-ring (bicyclic) bond motifs is 1. The van der Waals surface area contributed by atoms with Gasteiger partial charge in [-0.15, -0.1) is 0 Å². The van der Waals surface area contributed by atoms with E-state index < -0.39 is 0 Å². The van der Waals surface area contributed by atoms with Gasteiger partial charge in [-0.2, -0.15) is 0 Å². The molecule has 0 saturated carbocycles. The van der Waals surface area contributed by atoms with Gasteiger partial charge >= 0.3 is 0 Å². The molecule has 0 radical (unpaired) electrons. The number of benzene rings is 1. The van der Waals surface area contributed by atoms with Gasteiger partial charge < -0.3 is 14.8 Å². The Balaban J connectivity index is 1.85. The lowest BCUT2D eigenvalue weighted by Crippen LogP contribution is -2.13. The number of carbonyl (C=O) groups is 1. The van der Waals surface area contributed by atoms with Crippen molar-refractivity contribution in [3.05, 3.63) is 46.1 Å². The molecule has 3 rings (SSSR count). The third-order valence-electron chi connectivity index (χ3n) is 3.03. The molecule has 0 fully saturated rings. The molecule has 1 amide bonds. The highest BCUT2D eigenvalue weighted by atomic mass is 35.5. The minimum atomic E-state index is -0.340. The van der Waals surface area contributed by atoms with Crippen LogP contribution in [0.4, 0.5) is 5.82 Å². The van der Waals surface area contributed by atoms with Crippen molar-refractivity contribution in [1.82, 2.24) is 4.98 Å². The zero-order valence-corrected chi connectivity index (χ0v) is 12.9. The van der Waals surface area contributed by atoms with E-state index in [2.05, 4.69) is 10.3 Å². The summed E-state index contributed by atoms with van der Waals surface area (Å²) in [5.74, 6) is 1.00. The lowest BCUT2D eigenvalue weighted by atomic mass is 10.2. The SMILES string of the molecule is O=C(Nc1ccc(Cl)cn1)c1cc(Cl)c2c(c1)OCCCO2. The molecule has 22 heavy (non-hydrogen) atoms. The molecule has 1 N–H and O–H groups in total. The van der Waals surface area contributed by atoms with Gasteiger partial charge in [0.2, 0.25) is 0 Å². The maximum atomic E-state index is 12.3. The maximum absolute atomic E-state index is 12.3. The number of rotatable bonds is 2. The number of nitrogens with one attached hydrogen (secondary N) is 1. The van der Waals surface area contributed by atoms with Crippen LogP contribution in [0.15, 0.2) is 30.5 Å². The van der Waals surface area contributed by atoms with Crippen molar-refractivity contribution >= 4 is 34.9 Å². The van der Waals surface area contributed by atoms with E-state index >= 15 is 0 Å². The summed E-state index contributed by atoms with van der Waals surface area (Å²) in [4.78, 5) is 16.3. The van der Waals surface area contributed by atoms with Crippen molar-refractivity contribution in [2.75, 3.05) is 18.5 Å². The molecule has 0 aliphatic carbocycles. The normalized spacial score (nSPS) is 13.4. The molecule has 1 aliphatic rings. The lowest BCUT2D eigenvalue weighted by Gasteiger charge is -2.11. The average Bonchev–Trinajstić information content (AvgIpc) is 2.75. The van der Waals surface area contributed by atoms with Crippen molar-refractivity contribution in [3.63, 3.8) is 0 Å². The van der Waals surface area contributed by atoms with E-state index in [0.29, 0.717) is 46.1 Å². The number of pyridine rings is 1. The van der Waals surface area contributed by atoms with Crippen molar-refractivity contribution in [3.8, 4) is 11.5 Å². The van der Waals surface area contributed by atoms with E-state index in [0.717, 1.165) is 6.42 Å². The molecule has 0 saturated heterocycles. The topological polar surface area (TPSA) is 60.5 Å². The largest absolute Gasteiger partial charge is 0.489 e. The molecule has 2 heterocycles. The van der Waals surface area contributed by atoms with Gasteiger partial charge in [0.1, 0.15) is 5.82 Å². The fraction of sp³-hybridized carbons (Fsp3) is 0.200. The highest BCUT2D eigenvalue weighted by Gasteiger charge is 2.18. The van der Waals surface area contributed by atoms with Crippen molar-refractivity contribution in [2.45, 2.75) is 6.42 Å². The first-order chi connectivity index (χ1) is 10.6. The highest BCUT2D eigenvalue weighted by molar-refractivity contribution is 6.33. The number of aromatic nitrogens is 1. The van der Waals surface area contributed by atoms with E-state index in [1.165, 1.54) is 6.20 Å². The Kier molecular flexibility index (Phi) is 4.36. The summed E-state index contributed by atoms with van der Waals surface area (Å²) in [5, 5.41) is 3.51. The van der Waals surface area contributed by atoms with E-state index in [-0.39, 0.29) is 5.91 Å². The van der Waals surface area contributed by atoms with Crippen LogP contribution in [0.5, 0.6) is 11.5 Å². The van der Waals surface area contributed by atoms with Crippen LogP contribution < -0.4 is 14.8 Å². The third kappa shape index (κ3) is 3.26. The van der Waals surface area contributed by atoms with Crippen molar-refractivity contribution in [1.29, 1.82) is 0 Å². The predicted octanol–water partition coefficient (Wildman–Crippen LogP) is 3.80. The Hall–Kier alpha value is -1.98. The zero-order valence-electron chi connectivity index (χ0n) is 11.4. The summed E-state index contributed by atoms with van der Waals surface area (Å²) < 4.78 is 11.1. The zero-order chi connectivity index (χ0) is 15.5. The quantitative estimate of drug-likeness (QED) is 0.904. The van der Waals surface area contributed by atoms with E-state index in [1.807, 2.05) is 0 Å². The standard InChI is InChI=1S/C15H12Cl2N2O3/c16-10-2-3-13(18-8-10)19-15(20)9-6-11(17)14-12(7-9)21-4-1-5-22-14/h2-3,6-8H,1,4-5H2,(H,18,19,20). The maximum Gasteiger partial charge on any atom is 0.257 e. The number of amides is 1. The Morgan fingerprint density at radius 3 is 2.77 bits per heavy atom. The predicted molar refractivity (Wildman–Crippen MR) is 84.3 cm³/mol. The van der Waals surface area contributed by atoms with Crippen LogP contribution in [0.25, 0.3) is 0 Å². The second-order valence-corrected chi connectivity index (χ2v) is 5.50. The summed E-state index contributed by atoms with van der Waals surface area (Å²) in [6.45, 7) is 1.06. The number of ether oxygens (including phenoxy) is 2. The van der Waals surface area contributed by atoms with Crippen molar-refractivity contribution < 1.29 is 14.3 Å². The van der Waals surface area contributed by atoms with Crippen LogP contribution in [-0.2, 0) is 0 Å². The molecule has 2 aromatic rings. The van der Waals surface area contributed by atoms with Gasteiger partial charge in [-0.1, -0.05) is 23.2 Å². The molecule has 1 aromatic heterocycles. The number of halogens is 2. The molecule has 0 atom stereocenters. The molecule has 1 aliphatic heterocycles. The lowest BCUT2D eigenvalue weighted by molar-refractivity contribution is 0.102. The monoisotopic (exact) mass is 338 g/mol. The van der Waals surface area contributed by atoms with Gasteiger partial charge in [-0.3, -0.25) is 4.79 Å². The van der Waals surface area contributed by atoms with Gasteiger partial charge in [0.05, 0.1) is 23.3 Å². The summed E-state index contributed by atoms with van der Waals surface area (Å²) in [5.41, 5.74) is 0.367. The molecule has 5 nitrogen and oxygen atoms in total. The first kappa shape index (κ1) is 14.9. The van der Waals surface area contributed by atoms with Crippen LogP contribution in [0.3, 0.4) is 0 Å². The van der Waals surface area contributed by atoms with Gasteiger partial charge in [-0.05, 0) is 24.3 Å². The summed E-state index contributed by atoms with van der Waals surface area (Å²) in [7, 11) is 0. The van der Waals surface area contributed by atoms with Gasteiger partial charge in [0.15, 0.2) is 11.5 Å². The van der Waals surface area contributed by atoms with Crippen LogP contribution in [0.2, 0.25) is 10.0 Å². The smallest absolute Gasteiger partial charge is 0.257 e. The molecular formula is C15H12Cl2N2O3. The van der Waals surface area contributed by atoms with E-state index in [1.54, 1.807) is 24.3 Å². The van der Waals surface area contributed by atoms with Crippen LogP contribution in [-0.4, -0.2) is 24.1 Å². The van der Waals surface area contributed by atoms with Crippen molar-refractivity contribution in [2.24, 2.45) is 0 Å². The van der Waals surface area contributed by atoms with E-state index in [9.17, 15) is 4.79 Å². The Morgan fingerprint density at radius 2 is 2.00 bits per heavy atom. The van der Waals surface area contributed by atoms with Crippen LogP contribution in [0, 0.1) is 0 Å². The minimum Gasteiger partial charge on any atom is -0.489 e. The number of hydrogen-bond donors (Lipinski definition) is 1. The Labute approximate surface area is 137 Å². The first-order valence-electron chi connectivity index (χ1n) is 6.65. The van der Waals surface area contributed by atoms with E-state index in [4.69, 9.17) is 32.7 Å². The fourth-order valence-corrected chi connectivity index (χ4v) is 2.38. The summed E-state index contributed by atoms with van der Waals surface area (Å²) in [6, 6.07) is 6.41. The molecule has 114 valence electrons. The number of hydrogen-bond acceptors (Lipinski definition) is 4. The fourth-order valence-electron chi connectivity index (χ4n) is 2.00. The minimum absolute atomic E-state index is 0.340. The molecular weight excluding hydrogens is 327 g/mol. The molecule has 1 aromatic carbocycles. The van der Waals surface area contributed by atoms with Crippen LogP contribution >= 0.6 is 23.2 Å². The van der Waals surface area contributed by atoms with Gasteiger partial charge in [-0.25, -0.2) is 4.98 Å². The molecule has 0 spiro atoms. The second kappa shape index (κ2) is 6.42. The van der Waals surface area contributed by atoms with Gasteiger partial charge in [0.25, 0.3) is 5.91 Å². The second-order valence-electron chi connectivity index (χ2n) is 4.65. The summed E-state index contributed by atoms with van der Waals surface area (Å²) >= 11 is 11.9. The summed E-state index contributed by atoms with van der Waals surface area (Å²) in [6.07, 6.45) is 2.22. The molecule has 0 unspecified atom stereocenters. The molecule has 0 bridgehead atoms. The Bertz CT molecular complexity index is 705. The number of nitrogens with zero attached hydrogens (tertiary/aromatic N) is 1. The number of carbonyl (C=O) groups excluding carboxylic acids is 1. The van der Waals surface area contributed by atoms with Gasteiger partial charge in [0, 0.05) is 18.2 Å². The number of anilines is 1. The average molecular weight is 339 g/mol. The highest BCUT2D eigenvalue weighted by Crippen LogP contribution is 2.38. The molecule has 7 heteroatoms.